The number of hydrogen-bond acceptors (Lipinski definition) is 5. The van der Waals surface area contributed by atoms with Crippen molar-refractivity contribution in [1.29, 1.82) is 0 Å². The normalized spacial score (nSPS) is 23.4. The smallest absolute Gasteiger partial charge is 0.331 e. The second-order valence-electron chi connectivity index (χ2n) is 9.98. The van der Waals surface area contributed by atoms with E-state index in [4.69, 9.17) is 4.74 Å². The van der Waals surface area contributed by atoms with Crippen molar-refractivity contribution in [2.24, 2.45) is 5.92 Å². The minimum absolute atomic E-state index is 0.116. The molecule has 0 spiro atoms. The average molecular weight is 589 g/mol. The molecule has 0 radical (unpaired) electrons. The summed E-state index contributed by atoms with van der Waals surface area (Å²) >= 11 is 2.41. The monoisotopic (exact) mass is 588 g/mol. The Bertz CT molecular complexity index is 964. The first-order chi connectivity index (χ1) is 17.0. The fourth-order valence-corrected chi connectivity index (χ4v) is 6.28. The molecule has 2 aliphatic heterocycles. The second-order valence-corrected chi connectivity index (χ2v) is 11.1. The van der Waals surface area contributed by atoms with Crippen molar-refractivity contribution in [3.8, 4) is 0 Å². The van der Waals surface area contributed by atoms with Crippen molar-refractivity contribution >= 4 is 34.3 Å². The zero-order chi connectivity index (χ0) is 24.7. The van der Waals surface area contributed by atoms with E-state index in [0.29, 0.717) is 19.0 Å². The Labute approximate surface area is 223 Å². The van der Waals surface area contributed by atoms with Crippen LogP contribution in [-0.4, -0.2) is 64.8 Å². The van der Waals surface area contributed by atoms with Gasteiger partial charge in [-0.3, -0.25) is 14.6 Å². The molecule has 0 aliphatic carbocycles. The molecule has 0 bridgehead atoms. The van der Waals surface area contributed by atoms with Crippen LogP contribution in [0.1, 0.15) is 54.9 Å². The number of benzene rings is 2. The van der Waals surface area contributed by atoms with Crippen LogP contribution in [0.25, 0.3) is 0 Å². The van der Waals surface area contributed by atoms with Crippen LogP contribution in [0.5, 0.6) is 0 Å². The number of Topliss-reactive ketones (excluding diaryl/α,β-unsaturated/α-hetero) is 1. The van der Waals surface area contributed by atoms with Crippen molar-refractivity contribution in [3.05, 3.63) is 71.8 Å². The Hall–Kier alpha value is -1.77. The lowest BCUT2D eigenvalue weighted by Gasteiger charge is -2.44. The molecule has 5 nitrogen and oxygen atoms in total. The Kier molecular flexibility index (Phi) is 9.36. The molecule has 35 heavy (non-hydrogen) atoms. The molecule has 2 heterocycles. The van der Waals surface area contributed by atoms with Crippen molar-refractivity contribution < 1.29 is 14.3 Å². The number of rotatable bonds is 9. The Morgan fingerprint density at radius 3 is 2.29 bits per heavy atom. The lowest BCUT2D eigenvalue weighted by Crippen LogP contribution is -2.55. The predicted octanol–water partition coefficient (Wildman–Crippen LogP) is 5.33. The van der Waals surface area contributed by atoms with Crippen LogP contribution in [-0.2, 0) is 15.1 Å². The minimum Gasteiger partial charge on any atom is -0.459 e. The van der Waals surface area contributed by atoms with E-state index in [9.17, 15) is 9.59 Å². The molecule has 3 atom stereocenters. The van der Waals surface area contributed by atoms with Crippen LogP contribution in [0.2, 0.25) is 0 Å². The molecule has 6 heteroatoms. The standard InChI is InChI=1S/C29H37IN2O3/c1-29(25-13-7-3-8-14-25,32-18-9-4-10-19-32)28(34)35-27-22-31(20-16-24(27)15-17-30)21-26(33)23-11-5-2-6-12-23/h2-3,5-8,11-14,24,27H,4,9-10,15-22H2,1H3/t24?,27-,29-/m0/s1. The summed E-state index contributed by atoms with van der Waals surface area (Å²) in [7, 11) is 0. The van der Waals surface area contributed by atoms with Gasteiger partial charge in [0.1, 0.15) is 11.6 Å². The van der Waals surface area contributed by atoms with Crippen molar-refractivity contribution in [2.75, 3.05) is 37.2 Å². The number of nitrogens with zero attached hydrogens (tertiary/aromatic N) is 2. The Morgan fingerprint density at radius 1 is 0.971 bits per heavy atom. The summed E-state index contributed by atoms with van der Waals surface area (Å²) in [6.45, 7) is 5.66. The highest BCUT2D eigenvalue weighted by Crippen LogP contribution is 2.34. The average Bonchev–Trinajstić information content (AvgIpc) is 2.91. The highest BCUT2D eigenvalue weighted by Gasteiger charge is 2.45. The van der Waals surface area contributed by atoms with Gasteiger partial charge in [0.15, 0.2) is 5.78 Å². The molecule has 2 aromatic rings. The third-order valence-corrected chi connectivity index (χ3v) is 8.33. The maximum atomic E-state index is 14.0. The van der Waals surface area contributed by atoms with Crippen LogP contribution in [0, 0.1) is 5.92 Å². The molecule has 2 fully saturated rings. The molecule has 0 aromatic heterocycles. The van der Waals surface area contributed by atoms with E-state index >= 15 is 0 Å². The van der Waals surface area contributed by atoms with E-state index in [-0.39, 0.29) is 17.9 Å². The number of likely N-dealkylation sites (tertiary alicyclic amines) is 2. The van der Waals surface area contributed by atoms with Crippen molar-refractivity contribution in [1.82, 2.24) is 9.80 Å². The molecule has 1 unspecified atom stereocenters. The van der Waals surface area contributed by atoms with Gasteiger partial charge in [-0.05, 0) is 68.2 Å². The number of halogens is 1. The SMILES string of the molecule is C[C@@](C(=O)O[C@H]1CN(CC(=O)c2ccccc2)CCC1CCI)(c1ccccc1)N1CCCCC1. The van der Waals surface area contributed by atoms with E-state index < -0.39 is 5.54 Å². The number of ether oxygens (including phenoxy) is 1. The third-order valence-electron chi connectivity index (χ3n) is 7.70. The molecule has 2 aliphatic rings. The summed E-state index contributed by atoms with van der Waals surface area (Å²) in [6, 6.07) is 19.5. The largest absolute Gasteiger partial charge is 0.459 e. The van der Waals surface area contributed by atoms with Crippen molar-refractivity contribution in [2.45, 2.75) is 50.7 Å². The summed E-state index contributed by atoms with van der Waals surface area (Å²) < 4.78 is 7.44. The zero-order valence-corrected chi connectivity index (χ0v) is 22.9. The van der Waals surface area contributed by atoms with Gasteiger partial charge in [0.05, 0.1) is 6.54 Å². The van der Waals surface area contributed by atoms with Gasteiger partial charge in [-0.15, -0.1) is 0 Å². The van der Waals surface area contributed by atoms with E-state index in [2.05, 4.69) is 32.4 Å². The van der Waals surface area contributed by atoms with Crippen LogP contribution in [0.3, 0.4) is 0 Å². The lowest BCUT2D eigenvalue weighted by atomic mass is 9.87. The van der Waals surface area contributed by atoms with Gasteiger partial charge in [-0.25, -0.2) is 4.79 Å². The van der Waals surface area contributed by atoms with Crippen LogP contribution < -0.4 is 0 Å². The first kappa shape index (κ1) is 26.3. The summed E-state index contributed by atoms with van der Waals surface area (Å²) in [5.74, 6) is 0.274. The number of alkyl halides is 1. The van der Waals surface area contributed by atoms with Gasteiger partial charge in [0.25, 0.3) is 0 Å². The van der Waals surface area contributed by atoms with Gasteiger partial charge >= 0.3 is 5.97 Å². The summed E-state index contributed by atoms with van der Waals surface area (Å²) in [4.78, 5) is 31.3. The van der Waals surface area contributed by atoms with Crippen LogP contribution in [0.15, 0.2) is 60.7 Å². The van der Waals surface area contributed by atoms with E-state index in [1.807, 2.05) is 67.6 Å². The molecule has 0 N–H and O–H groups in total. The minimum atomic E-state index is -0.807. The van der Waals surface area contributed by atoms with Gasteiger partial charge in [0.2, 0.25) is 0 Å². The number of carbonyl (C=O) groups excluding carboxylic acids is 2. The van der Waals surface area contributed by atoms with Crippen molar-refractivity contribution in [3.63, 3.8) is 0 Å². The highest BCUT2D eigenvalue weighted by molar-refractivity contribution is 14.1. The molecule has 2 aromatic carbocycles. The van der Waals surface area contributed by atoms with Crippen LogP contribution >= 0.6 is 22.6 Å². The number of ketones is 1. The van der Waals surface area contributed by atoms with Gasteiger partial charge in [-0.2, -0.15) is 0 Å². The molecular weight excluding hydrogens is 551 g/mol. The summed E-state index contributed by atoms with van der Waals surface area (Å²) in [5.41, 5.74) is 0.917. The number of hydrogen-bond donors (Lipinski definition) is 0. The Balaban J connectivity index is 1.51. The fourth-order valence-electron chi connectivity index (χ4n) is 5.48. The maximum absolute atomic E-state index is 14.0. The van der Waals surface area contributed by atoms with E-state index in [1.54, 1.807) is 0 Å². The van der Waals surface area contributed by atoms with Gasteiger partial charge < -0.3 is 4.74 Å². The lowest BCUT2D eigenvalue weighted by molar-refractivity contribution is -0.171. The maximum Gasteiger partial charge on any atom is 0.331 e. The molecule has 0 amide bonds. The number of piperidine rings is 2. The number of esters is 1. The molecule has 188 valence electrons. The van der Waals surface area contributed by atoms with Crippen LogP contribution in [0.4, 0.5) is 0 Å². The first-order valence-corrected chi connectivity index (χ1v) is 14.4. The molecule has 4 rings (SSSR count). The van der Waals surface area contributed by atoms with E-state index in [0.717, 1.165) is 60.9 Å². The fraction of sp³-hybridized carbons (Fsp3) is 0.517. The Morgan fingerprint density at radius 2 is 1.63 bits per heavy atom. The quantitative estimate of drug-likeness (QED) is 0.172. The predicted molar refractivity (Wildman–Crippen MR) is 148 cm³/mol. The summed E-state index contributed by atoms with van der Waals surface area (Å²) in [5, 5.41) is 0. The molecule has 0 saturated carbocycles. The topological polar surface area (TPSA) is 49.9 Å². The molecular formula is C29H37IN2O3. The highest BCUT2D eigenvalue weighted by atomic mass is 127. The van der Waals surface area contributed by atoms with E-state index in [1.165, 1.54) is 6.42 Å². The van der Waals surface area contributed by atoms with Gasteiger partial charge in [0, 0.05) is 12.1 Å². The second kappa shape index (κ2) is 12.5. The zero-order valence-electron chi connectivity index (χ0n) is 20.7. The number of carbonyl (C=O) groups is 2. The third kappa shape index (κ3) is 6.33. The van der Waals surface area contributed by atoms with Gasteiger partial charge in [-0.1, -0.05) is 89.7 Å². The first-order valence-electron chi connectivity index (χ1n) is 12.9. The molecule has 2 saturated heterocycles. The summed E-state index contributed by atoms with van der Waals surface area (Å²) in [6.07, 6.45) is 5.17.